The maximum absolute atomic E-state index is 14.2. The first kappa shape index (κ1) is 39.8. The fourth-order valence-electron chi connectivity index (χ4n) is 9.33. The Morgan fingerprint density at radius 3 is 2.60 bits per heavy atom. The van der Waals surface area contributed by atoms with Gasteiger partial charge in [0.15, 0.2) is 11.4 Å². The fraction of sp³-hybridized carbons (Fsp3) is 0.422. The number of nitrogens with zero attached hydrogens (tertiary/aromatic N) is 6. The molecule has 6 aromatic rings. The Morgan fingerprint density at radius 2 is 1.88 bits per heavy atom. The molecule has 2 amide bonds. The van der Waals surface area contributed by atoms with Gasteiger partial charge in [-0.3, -0.25) is 14.5 Å². The summed E-state index contributed by atoms with van der Waals surface area (Å²) in [4.78, 5) is 40.8. The van der Waals surface area contributed by atoms with Crippen molar-refractivity contribution in [1.82, 2.24) is 40.4 Å². The van der Waals surface area contributed by atoms with Crippen LogP contribution in [0.4, 0.5) is 0 Å². The summed E-state index contributed by atoms with van der Waals surface area (Å²) in [5.41, 5.74) is 8.16. The average molecular weight is 831 g/mol. The highest BCUT2D eigenvalue weighted by Gasteiger charge is 2.54. The van der Waals surface area contributed by atoms with Gasteiger partial charge < -0.3 is 34.7 Å². The van der Waals surface area contributed by atoms with Crippen LogP contribution in [0.1, 0.15) is 87.0 Å². The van der Waals surface area contributed by atoms with Crippen molar-refractivity contribution in [3.8, 4) is 33.3 Å². The number of H-pyrrole nitrogens is 1. The molecule has 1 saturated carbocycles. The zero-order chi connectivity index (χ0) is 41.7. The lowest BCUT2D eigenvalue weighted by molar-refractivity contribution is -0.141. The van der Waals surface area contributed by atoms with Gasteiger partial charge in [0.05, 0.1) is 33.9 Å². The predicted molar refractivity (Wildman–Crippen MR) is 226 cm³/mol. The van der Waals surface area contributed by atoms with Gasteiger partial charge in [-0.15, -0.1) is 21.5 Å². The highest BCUT2D eigenvalue weighted by Crippen LogP contribution is 2.54. The van der Waals surface area contributed by atoms with Gasteiger partial charge in [0.1, 0.15) is 24.3 Å². The average Bonchev–Trinajstić information content (AvgIpc) is 4.03. The van der Waals surface area contributed by atoms with Crippen LogP contribution in [-0.4, -0.2) is 101 Å². The van der Waals surface area contributed by atoms with E-state index >= 15 is 0 Å². The molecule has 1 aliphatic carbocycles. The highest BCUT2D eigenvalue weighted by atomic mass is 32.1. The number of aliphatic hydroxyl groups excluding tert-OH is 1. The number of β-amino-alcohol motifs (C(OH)–C–C–N with tert-alkyl or cyclic N) is 1. The molecule has 0 unspecified atom stereocenters. The lowest BCUT2D eigenvalue weighted by atomic mass is 9.60. The van der Waals surface area contributed by atoms with Crippen LogP contribution in [0.2, 0.25) is 0 Å². The quantitative estimate of drug-likeness (QED) is 0.0969. The summed E-state index contributed by atoms with van der Waals surface area (Å²) < 4.78 is 11.8. The molecule has 2 aromatic carbocycles. The number of amides is 2. The molecule has 0 radical (unpaired) electrons. The number of hydrogen-bond donors (Lipinski definition) is 4. The van der Waals surface area contributed by atoms with Gasteiger partial charge in [0.25, 0.3) is 5.88 Å². The SMILES string of the molecule is Cc1ncsc1-c1ccc([C@H](C)NC(=O)[C@@H]2C[C@@H](O)CN2C(=O)[C@@H](c2cc(OCCN3CCC34CC(c3cc5cc(-c6ccccc6O)nnc5[nH]3)C4)no2)C(C)C)cc1. The second kappa shape index (κ2) is 16.1. The number of hydrogen-bond acceptors (Lipinski definition) is 12. The number of aliphatic hydroxyl groups is 1. The van der Waals surface area contributed by atoms with Crippen molar-refractivity contribution in [2.75, 3.05) is 26.2 Å². The Balaban J connectivity index is 0.782. The first-order valence-corrected chi connectivity index (χ1v) is 21.6. The highest BCUT2D eigenvalue weighted by molar-refractivity contribution is 7.13. The summed E-state index contributed by atoms with van der Waals surface area (Å²) in [6.45, 7) is 9.97. The van der Waals surface area contributed by atoms with Gasteiger partial charge in [-0.05, 0) is 79.6 Å². The molecule has 4 atom stereocenters. The summed E-state index contributed by atoms with van der Waals surface area (Å²) in [7, 11) is 0. The largest absolute Gasteiger partial charge is 0.507 e. The molecule has 15 heteroatoms. The first-order valence-electron chi connectivity index (χ1n) is 20.7. The predicted octanol–water partition coefficient (Wildman–Crippen LogP) is 6.73. The van der Waals surface area contributed by atoms with Gasteiger partial charge in [-0.25, -0.2) is 4.98 Å². The maximum atomic E-state index is 14.2. The van der Waals surface area contributed by atoms with Crippen LogP contribution in [0, 0.1) is 12.8 Å². The van der Waals surface area contributed by atoms with Crippen molar-refractivity contribution in [3.63, 3.8) is 0 Å². The number of aromatic nitrogens is 5. The number of para-hydroxylation sites is 1. The third kappa shape index (κ3) is 7.54. The van der Waals surface area contributed by atoms with Crippen LogP contribution in [0.5, 0.6) is 11.6 Å². The van der Waals surface area contributed by atoms with E-state index in [2.05, 4.69) is 41.6 Å². The summed E-state index contributed by atoms with van der Waals surface area (Å²) in [5, 5.41) is 37.9. The second-order valence-electron chi connectivity index (χ2n) is 17.0. The van der Waals surface area contributed by atoms with E-state index in [0.29, 0.717) is 35.4 Å². The lowest BCUT2D eigenvalue weighted by Crippen LogP contribution is -2.66. The molecule has 2 aliphatic heterocycles. The molecule has 1 spiro atoms. The van der Waals surface area contributed by atoms with Crippen molar-refractivity contribution in [3.05, 3.63) is 95.0 Å². The maximum Gasteiger partial charge on any atom is 0.254 e. The molecule has 9 rings (SSSR count). The van der Waals surface area contributed by atoms with Crippen LogP contribution in [0.15, 0.2) is 76.8 Å². The second-order valence-corrected chi connectivity index (χ2v) is 17.8. The van der Waals surface area contributed by atoms with Crippen molar-refractivity contribution >= 4 is 34.2 Å². The molecule has 4 N–H and O–H groups in total. The summed E-state index contributed by atoms with van der Waals surface area (Å²) in [6, 6.07) is 19.9. The summed E-state index contributed by atoms with van der Waals surface area (Å²) in [5.74, 6) is -0.233. The van der Waals surface area contributed by atoms with Gasteiger partial charge in [0, 0.05) is 60.2 Å². The lowest BCUT2D eigenvalue weighted by Gasteiger charge is -2.61. The molecule has 60 heavy (non-hydrogen) atoms. The number of ether oxygens (including phenoxy) is 1. The monoisotopic (exact) mass is 830 g/mol. The Morgan fingerprint density at radius 1 is 1.08 bits per heavy atom. The normalized spacial score (nSPS) is 22.5. The number of nitrogens with one attached hydrogen (secondary N) is 2. The Hall–Kier alpha value is -5.64. The molecule has 3 fully saturated rings. The molecule has 0 bridgehead atoms. The molecule has 6 heterocycles. The molecule has 312 valence electrons. The van der Waals surface area contributed by atoms with Crippen LogP contribution < -0.4 is 10.1 Å². The number of rotatable bonds is 13. The number of aromatic hydroxyl groups is 1. The molecule has 4 aromatic heterocycles. The van der Waals surface area contributed by atoms with Crippen molar-refractivity contribution < 1.29 is 29.1 Å². The van der Waals surface area contributed by atoms with Crippen molar-refractivity contribution in [1.29, 1.82) is 0 Å². The number of phenolic OH excluding ortho intramolecular Hbond substituents is 1. The third-order valence-corrected chi connectivity index (χ3v) is 13.8. The van der Waals surface area contributed by atoms with E-state index in [9.17, 15) is 19.8 Å². The van der Waals surface area contributed by atoms with Gasteiger partial charge >= 0.3 is 0 Å². The number of benzene rings is 2. The Kier molecular flexibility index (Phi) is 10.7. The van der Waals surface area contributed by atoms with Crippen LogP contribution in [-0.2, 0) is 9.59 Å². The van der Waals surface area contributed by atoms with Gasteiger partial charge in [-0.2, -0.15) is 0 Å². The van der Waals surface area contributed by atoms with E-state index in [1.807, 2.05) is 75.7 Å². The summed E-state index contributed by atoms with van der Waals surface area (Å²) >= 11 is 1.59. The van der Waals surface area contributed by atoms with E-state index in [1.165, 1.54) is 4.90 Å². The standard InChI is InChI=1S/C45H50N8O6S/c1-25(2)40(44(57)53-23-32(54)19-36(53)43(56)47-26(3)28-9-11-29(12-10-28)41-27(4)46-24-60-41)38-20-39(51-59-38)58-16-15-52-14-13-45(52)21-31(22-45)34-17-30-18-35(49-50-42(30)48-34)33-7-5-6-8-37(33)55/h5-12,17-18,20,24-26,31-32,36,40,54-55H,13-16,19,21-23H2,1-4H3,(H,47,56)(H,48,50)/t26-,31?,32+,36-,40+,45?/m0/s1. The van der Waals surface area contributed by atoms with Crippen LogP contribution in [0.25, 0.3) is 32.7 Å². The number of aryl methyl sites for hydroxylation is 1. The number of thiazole rings is 1. The van der Waals surface area contributed by atoms with Gasteiger partial charge in [0.2, 0.25) is 11.8 Å². The number of fused-ring (bicyclic) bond motifs is 1. The van der Waals surface area contributed by atoms with E-state index < -0.39 is 18.1 Å². The summed E-state index contributed by atoms with van der Waals surface area (Å²) in [6.07, 6.45) is 2.55. The molecule has 3 aliphatic rings. The molecular formula is C45H50N8O6S. The van der Waals surface area contributed by atoms with Crippen LogP contribution >= 0.6 is 11.3 Å². The number of phenols is 1. The third-order valence-electron chi connectivity index (χ3n) is 12.8. The number of carbonyl (C=O) groups excluding carboxylic acids is 2. The number of aromatic amines is 1. The number of carbonyl (C=O) groups is 2. The number of likely N-dealkylation sites (tertiary alicyclic amines) is 2. The molecule has 2 saturated heterocycles. The topological polar surface area (TPSA) is 183 Å². The molecule has 14 nitrogen and oxygen atoms in total. The van der Waals surface area contributed by atoms with E-state index in [-0.39, 0.29) is 48.0 Å². The van der Waals surface area contributed by atoms with E-state index in [0.717, 1.165) is 70.8 Å². The van der Waals surface area contributed by atoms with E-state index in [4.69, 9.17) is 9.26 Å². The van der Waals surface area contributed by atoms with Crippen LogP contribution in [0.3, 0.4) is 0 Å². The minimum absolute atomic E-state index is 0.0578. The zero-order valence-corrected chi connectivity index (χ0v) is 35.0. The van der Waals surface area contributed by atoms with Gasteiger partial charge in [-0.1, -0.05) is 50.2 Å². The Labute approximate surface area is 352 Å². The zero-order valence-electron chi connectivity index (χ0n) is 34.2. The smallest absolute Gasteiger partial charge is 0.254 e. The Bertz CT molecular complexity index is 2510. The van der Waals surface area contributed by atoms with E-state index in [1.54, 1.807) is 29.5 Å². The fourth-order valence-corrected chi connectivity index (χ4v) is 10.1. The van der Waals surface area contributed by atoms with Crippen molar-refractivity contribution in [2.45, 2.75) is 88.9 Å². The minimum Gasteiger partial charge on any atom is -0.507 e. The minimum atomic E-state index is -0.823. The van der Waals surface area contributed by atoms with Crippen molar-refractivity contribution in [2.24, 2.45) is 5.92 Å². The first-order chi connectivity index (χ1) is 29.0. The molecular weight excluding hydrogens is 781 g/mol.